The number of carbonyl (C=O) groups excluding carboxylic acids is 2. The zero-order chi connectivity index (χ0) is 30.6. The lowest BCUT2D eigenvalue weighted by Gasteiger charge is -2.21. The summed E-state index contributed by atoms with van der Waals surface area (Å²) in [6, 6.07) is 17.4. The molecule has 4 aromatic rings. The van der Waals surface area contributed by atoms with Crippen molar-refractivity contribution in [3.8, 4) is 22.8 Å². The predicted octanol–water partition coefficient (Wildman–Crippen LogP) is 5.88. The number of alkyl halides is 3. The molecule has 0 bridgehead atoms. The number of amides is 3. The Morgan fingerprint density at radius 3 is 2.56 bits per heavy atom. The van der Waals surface area contributed by atoms with Gasteiger partial charge in [-0.3, -0.25) is 9.69 Å². The molecule has 0 spiro atoms. The van der Waals surface area contributed by atoms with Gasteiger partial charge < -0.3 is 4.74 Å². The molecule has 1 N–H and O–H groups in total. The molecular weight excluding hydrogens is 583 g/mol. The lowest BCUT2D eigenvalue weighted by Crippen LogP contribution is -2.32. The van der Waals surface area contributed by atoms with Gasteiger partial charge in [0, 0.05) is 5.56 Å². The summed E-state index contributed by atoms with van der Waals surface area (Å²) in [5, 5.41) is 8.64. The lowest BCUT2D eigenvalue weighted by molar-refractivity contribution is -0.274. The van der Waals surface area contributed by atoms with E-state index in [2.05, 4.69) is 30.3 Å². The number of para-hydroxylation sites is 1. The number of aromatic nitrogens is 3. The maximum Gasteiger partial charge on any atom is 0.573 e. The number of nitrogens with zero attached hydrogens (tertiary/aromatic N) is 6. The molecule has 0 unspecified atom stereocenters. The first kappa shape index (κ1) is 29.5. The number of ether oxygens (including phenoxy) is 1. The highest BCUT2D eigenvalue weighted by molar-refractivity contribution is 8.15. The Morgan fingerprint density at radius 1 is 1.12 bits per heavy atom. The van der Waals surface area contributed by atoms with Crippen molar-refractivity contribution >= 4 is 40.8 Å². The second-order valence-electron chi connectivity index (χ2n) is 9.20. The lowest BCUT2D eigenvalue weighted by atomic mass is 10.0. The van der Waals surface area contributed by atoms with Gasteiger partial charge in [0.05, 0.1) is 23.3 Å². The number of hydrogen-bond donors (Lipinski definition) is 1. The van der Waals surface area contributed by atoms with Crippen LogP contribution in [0, 0.1) is 6.92 Å². The van der Waals surface area contributed by atoms with Gasteiger partial charge in [0.1, 0.15) is 12.1 Å². The van der Waals surface area contributed by atoms with E-state index in [-0.39, 0.29) is 17.4 Å². The largest absolute Gasteiger partial charge is 0.573 e. The zero-order valence-electron chi connectivity index (χ0n) is 22.9. The monoisotopic (exact) mass is 607 g/mol. The molecule has 2 heterocycles. The van der Waals surface area contributed by atoms with E-state index in [4.69, 9.17) is 0 Å². The van der Waals surface area contributed by atoms with Crippen molar-refractivity contribution in [3.05, 3.63) is 89.7 Å². The van der Waals surface area contributed by atoms with Crippen molar-refractivity contribution in [1.82, 2.24) is 20.2 Å². The van der Waals surface area contributed by atoms with Crippen LogP contribution in [0.2, 0.25) is 0 Å². The van der Waals surface area contributed by atoms with Crippen LogP contribution < -0.4 is 15.1 Å². The summed E-state index contributed by atoms with van der Waals surface area (Å²) in [6.45, 7) is 3.92. The summed E-state index contributed by atoms with van der Waals surface area (Å²) in [6.07, 6.45) is -1.15. The Morgan fingerprint density at radius 2 is 1.86 bits per heavy atom. The maximum atomic E-state index is 12.7. The molecule has 10 nitrogen and oxygen atoms in total. The highest BCUT2D eigenvalue weighted by atomic mass is 32.2. The van der Waals surface area contributed by atoms with E-state index < -0.39 is 12.4 Å². The highest BCUT2D eigenvalue weighted by Crippen LogP contribution is 2.33. The van der Waals surface area contributed by atoms with Gasteiger partial charge in [-0.2, -0.15) is 10.1 Å². The first-order valence-electron chi connectivity index (χ1n) is 13.0. The molecule has 1 fully saturated rings. The molecule has 3 amide bonds. The Bertz CT molecular complexity index is 1700. The van der Waals surface area contributed by atoms with Crippen LogP contribution in [0.3, 0.4) is 0 Å². The molecule has 5 rings (SSSR count). The first-order chi connectivity index (χ1) is 20.6. The molecule has 0 atom stereocenters. The SMILES string of the molecule is CCc1cccc(C)c1N1C(=O)CSC1=NC(=O)N/N=C/c1ccc(-c2ncn(-c3ccc(OC(F)(F)F)cc3)n2)cc1. The van der Waals surface area contributed by atoms with Crippen LogP contribution in [0.4, 0.5) is 23.7 Å². The molecule has 1 aromatic heterocycles. The third kappa shape index (κ3) is 7.09. The van der Waals surface area contributed by atoms with Crippen molar-refractivity contribution < 1.29 is 27.5 Å². The third-order valence-electron chi connectivity index (χ3n) is 6.26. The van der Waals surface area contributed by atoms with E-state index in [1.165, 1.54) is 58.2 Å². The molecule has 14 heteroatoms. The average Bonchev–Trinajstić information content (AvgIpc) is 3.60. The Labute approximate surface area is 248 Å². The number of benzene rings is 3. The number of rotatable bonds is 7. The molecule has 3 aromatic carbocycles. The number of hydrazone groups is 1. The van der Waals surface area contributed by atoms with Crippen LogP contribution in [0.25, 0.3) is 17.1 Å². The number of nitrogens with one attached hydrogen (secondary N) is 1. The van der Waals surface area contributed by atoms with E-state index in [0.717, 1.165) is 23.2 Å². The second-order valence-corrected chi connectivity index (χ2v) is 10.1. The molecule has 43 heavy (non-hydrogen) atoms. The van der Waals surface area contributed by atoms with Crippen molar-refractivity contribution in [2.45, 2.75) is 26.6 Å². The van der Waals surface area contributed by atoms with Crippen LogP contribution in [0.1, 0.15) is 23.6 Å². The Kier molecular flexibility index (Phi) is 8.57. The van der Waals surface area contributed by atoms with Gasteiger partial charge in [0.25, 0.3) is 0 Å². The number of hydrogen-bond acceptors (Lipinski definition) is 7. The topological polar surface area (TPSA) is 114 Å². The average molecular weight is 608 g/mol. The number of anilines is 1. The van der Waals surface area contributed by atoms with E-state index in [1.807, 2.05) is 32.0 Å². The standard InChI is InChI=1S/C29H24F3N7O3S/c1-3-20-6-4-5-18(2)25(20)39-24(40)16-43-28(39)35-27(41)36-34-15-19-7-9-21(10-8-19)26-33-17-38(37-26)22-11-13-23(14-12-22)42-29(30,31)32/h4-15,17H,3,16H2,1-2H3,(H,36,41)/b34-15+,35-28?. The number of aryl methyl sites for hydroxylation is 2. The summed E-state index contributed by atoms with van der Waals surface area (Å²) in [4.78, 5) is 35.0. The quantitative estimate of drug-likeness (QED) is 0.207. The summed E-state index contributed by atoms with van der Waals surface area (Å²) in [5.74, 6) is 0.114. The highest BCUT2D eigenvalue weighted by Gasteiger charge is 2.33. The summed E-state index contributed by atoms with van der Waals surface area (Å²) >= 11 is 1.20. The van der Waals surface area contributed by atoms with Gasteiger partial charge in [-0.25, -0.2) is 19.9 Å². The van der Waals surface area contributed by atoms with Crippen molar-refractivity contribution in [2.24, 2.45) is 10.1 Å². The maximum absolute atomic E-state index is 12.7. The Balaban J connectivity index is 1.21. The predicted molar refractivity (Wildman–Crippen MR) is 158 cm³/mol. The number of halogens is 3. The normalized spacial score (nSPS) is 14.6. The Hall–Kier alpha value is -4.98. The summed E-state index contributed by atoms with van der Waals surface area (Å²) in [5.41, 5.74) is 6.89. The molecule has 0 radical (unpaired) electrons. The minimum Gasteiger partial charge on any atom is -0.406 e. The third-order valence-corrected chi connectivity index (χ3v) is 7.18. The van der Waals surface area contributed by atoms with Gasteiger partial charge in [-0.15, -0.1) is 18.3 Å². The number of thioether (sulfide) groups is 1. The van der Waals surface area contributed by atoms with Gasteiger partial charge in [0.15, 0.2) is 11.0 Å². The summed E-state index contributed by atoms with van der Waals surface area (Å²) < 4.78 is 42.5. The van der Waals surface area contributed by atoms with E-state index in [0.29, 0.717) is 27.8 Å². The minimum absolute atomic E-state index is 0.142. The molecule has 1 saturated heterocycles. The van der Waals surface area contributed by atoms with Crippen LogP contribution in [-0.4, -0.2) is 50.2 Å². The smallest absolute Gasteiger partial charge is 0.406 e. The van der Waals surface area contributed by atoms with Gasteiger partial charge >= 0.3 is 12.4 Å². The fraction of sp³-hybridized carbons (Fsp3) is 0.172. The molecule has 1 aliphatic heterocycles. The fourth-order valence-electron chi connectivity index (χ4n) is 4.30. The van der Waals surface area contributed by atoms with Gasteiger partial charge in [-0.1, -0.05) is 61.2 Å². The molecular formula is C29H24F3N7O3S. The van der Waals surface area contributed by atoms with Crippen LogP contribution in [-0.2, 0) is 11.2 Å². The molecule has 220 valence electrons. The molecule has 0 saturated carbocycles. The van der Waals surface area contributed by atoms with Crippen molar-refractivity contribution in [1.29, 1.82) is 0 Å². The number of urea groups is 1. The summed E-state index contributed by atoms with van der Waals surface area (Å²) in [7, 11) is 0. The number of carbonyl (C=O) groups is 2. The molecule has 0 aliphatic carbocycles. The van der Waals surface area contributed by atoms with Crippen LogP contribution in [0.15, 0.2) is 83.2 Å². The van der Waals surface area contributed by atoms with Crippen molar-refractivity contribution in [3.63, 3.8) is 0 Å². The first-order valence-corrected chi connectivity index (χ1v) is 13.9. The van der Waals surface area contributed by atoms with Gasteiger partial charge in [-0.05, 0) is 54.3 Å². The van der Waals surface area contributed by atoms with E-state index in [1.54, 1.807) is 24.3 Å². The zero-order valence-corrected chi connectivity index (χ0v) is 23.7. The minimum atomic E-state index is -4.77. The van der Waals surface area contributed by atoms with E-state index in [9.17, 15) is 22.8 Å². The van der Waals surface area contributed by atoms with Crippen LogP contribution >= 0.6 is 11.8 Å². The second kappa shape index (κ2) is 12.5. The molecule has 1 aliphatic rings. The van der Waals surface area contributed by atoms with Crippen LogP contribution in [0.5, 0.6) is 5.75 Å². The van der Waals surface area contributed by atoms with Crippen molar-refractivity contribution in [2.75, 3.05) is 10.7 Å². The fourth-order valence-corrected chi connectivity index (χ4v) is 5.15. The van der Waals surface area contributed by atoms with Gasteiger partial charge in [0.2, 0.25) is 5.91 Å². The van der Waals surface area contributed by atoms with E-state index >= 15 is 0 Å². The number of amidine groups is 1. The number of aliphatic imine (C=N–C) groups is 1.